The Morgan fingerprint density at radius 1 is 0.841 bits per heavy atom. The molecule has 1 heterocycles. The zero-order chi connectivity index (χ0) is 32.8. The van der Waals surface area contributed by atoms with E-state index in [4.69, 9.17) is 25.0 Å². The summed E-state index contributed by atoms with van der Waals surface area (Å²) in [6, 6.07) is 7.53. The van der Waals surface area contributed by atoms with Gasteiger partial charge in [-0.05, 0) is 97.6 Å². The number of guanidine groups is 1. The molecule has 2 rings (SSSR count). The molecule has 4 N–H and O–H groups in total. The predicted octanol–water partition coefficient (Wildman–Crippen LogP) is 5.98. The van der Waals surface area contributed by atoms with Gasteiger partial charge in [-0.15, -0.1) is 4.99 Å². The molecule has 2 aromatic rings. The second-order valence-electron chi connectivity index (χ2n) is 12.6. The number of unbranched alkanes of at least 4 members (excludes halogenated alkanes) is 4. The molecular formula is C32H51N7O5. The Bertz CT molecular complexity index is 1300. The molecule has 0 bridgehead atoms. The van der Waals surface area contributed by atoms with Crippen LogP contribution in [0.5, 0.6) is 5.75 Å². The smallest absolute Gasteiger partial charge is 0.437 e. The first-order chi connectivity index (χ1) is 20.6. The molecule has 2 amide bonds. The Hall–Kier alpha value is -4.09. The number of ether oxygens (including phenoxy) is 3. The number of nitrogens with zero attached hydrogens (tertiary/aromatic N) is 3. The van der Waals surface area contributed by atoms with Gasteiger partial charge in [-0.1, -0.05) is 19.3 Å². The monoisotopic (exact) mass is 613 g/mol. The van der Waals surface area contributed by atoms with E-state index in [1.807, 2.05) is 45.8 Å². The third-order valence-corrected chi connectivity index (χ3v) is 6.15. The van der Waals surface area contributed by atoms with Gasteiger partial charge in [0.2, 0.25) is 11.6 Å². The van der Waals surface area contributed by atoms with Gasteiger partial charge in [-0.25, -0.2) is 9.59 Å². The lowest BCUT2D eigenvalue weighted by atomic mass is 10.1. The van der Waals surface area contributed by atoms with E-state index in [0.29, 0.717) is 31.0 Å². The van der Waals surface area contributed by atoms with Gasteiger partial charge in [-0.3, -0.25) is 10.7 Å². The highest BCUT2D eigenvalue weighted by atomic mass is 16.6. The van der Waals surface area contributed by atoms with Gasteiger partial charge in [0.25, 0.3) is 0 Å². The molecule has 0 saturated heterocycles. The van der Waals surface area contributed by atoms with E-state index in [-0.39, 0.29) is 5.96 Å². The summed E-state index contributed by atoms with van der Waals surface area (Å²) in [6.45, 7) is 14.8. The number of aryl methyl sites for hydroxylation is 2. The quantitative estimate of drug-likeness (QED) is 0.117. The highest BCUT2D eigenvalue weighted by molar-refractivity contribution is 5.99. The highest BCUT2D eigenvalue weighted by Gasteiger charge is 2.20. The average Bonchev–Trinajstić information content (AvgIpc) is 3.24. The third kappa shape index (κ3) is 14.9. The van der Waals surface area contributed by atoms with Gasteiger partial charge >= 0.3 is 12.2 Å². The van der Waals surface area contributed by atoms with Crippen molar-refractivity contribution in [1.82, 2.24) is 19.8 Å². The molecule has 12 heteroatoms. The molecule has 0 aliphatic rings. The van der Waals surface area contributed by atoms with E-state index in [1.165, 1.54) is 0 Å². The molecule has 0 saturated carbocycles. The summed E-state index contributed by atoms with van der Waals surface area (Å²) in [6.07, 6.45) is 7.97. The van der Waals surface area contributed by atoms with Crippen LogP contribution in [0.2, 0.25) is 0 Å². The number of aromatic nitrogens is 2. The molecule has 1 aromatic carbocycles. The van der Waals surface area contributed by atoms with Crippen LogP contribution in [-0.4, -0.2) is 57.3 Å². The molecule has 244 valence electrons. The molecule has 0 radical (unpaired) electrons. The van der Waals surface area contributed by atoms with Crippen molar-refractivity contribution in [2.75, 3.05) is 13.2 Å². The lowest BCUT2D eigenvalue weighted by Gasteiger charge is -2.21. The van der Waals surface area contributed by atoms with E-state index < -0.39 is 23.4 Å². The third-order valence-electron chi connectivity index (χ3n) is 6.15. The summed E-state index contributed by atoms with van der Waals surface area (Å²) in [7, 11) is 0. The lowest BCUT2D eigenvalue weighted by Crippen LogP contribution is -2.44. The fraction of sp³-hybridized carbons (Fsp3) is 0.594. The fourth-order valence-electron chi connectivity index (χ4n) is 4.09. The SMILES string of the molecule is CC(=N)c1ccc(OCCCn2ccn(CCCCCCCN/C(=N\C(=O)OC(C)(C)C)NC(=O)OC(C)(C)C)c2=N)cc1. The minimum absolute atomic E-state index is 0.00302. The van der Waals surface area contributed by atoms with Crippen LogP contribution in [0.15, 0.2) is 41.7 Å². The molecule has 1 aromatic heterocycles. The average molecular weight is 614 g/mol. The van der Waals surface area contributed by atoms with Gasteiger partial charge in [0.15, 0.2) is 0 Å². The molecule has 0 aliphatic carbocycles. The van der Waals surface area contributed by atoms with Crippen molar-refractivity contribution in [3.63, 3.8) is 0 Å². The summed E-state index contributed by atoms with van der Waals surface area (Å²) in [5, 5.41) is 21.6. The molecule has 0 unspecified atom stereocenters. The number of rotatable bonds is 14. The maximum Gasteiger partial charge on any atom is 0.437 e. The lowest BCUT2D eigenvalue weighted by molar-refractivity contribution is 0.0560. The summed E-state index contributed by atoms with van der Waals surface area (Å²) >= 11 is 0. The Kier molecular flexibility index (Phi) is 14.2. The van der Waals surface area contributed by atoms with E-state index in [2.05, 4.69) is 15.6 Å². The number of benzene rings is 1. The Morgan fingerprint density at radius 3 is 2.00 bits per heavy atom. The zero-order valence-electron chi connectivity index (χ0n) is 27.4. The van der Waals surface area contributed by atoms with Crippen molar-refractivity contribution in [3.05, 3.63) is 47.8 Å². The number of hydrogen-bond donors (Lipinski definition) is 4. The summed E-state index contributed by atoms with van der Waals surface area (Å²) in [4.78, 5) is 28.2. The number of alkyl carbamates (subject to hydrolysis) is 1. The fourth-order valence-corrected chi connectivity index (χ4v) is 4.09. The summed E-state index contributed by atoms with van der Waals surface area (Å²) in [5.74, 6) is 0.781. The first-order valence-electron chi connectivity index (χ1n) is 15.3. The first-order valence-corrected chi connectivity index (χ1v) is 15.3. The van der Waals surface area contributed by atoms with Crippen molar-refractivity contribution >= 4 is 23.9 Å². The standard InChI is InChI=1S/C32H51N7O5/c1-24(33)25-14-16-26(17-15-25)42-23-13-20-39-22-21-38(27(39)34)19-12-10-8-9-11-18-35-28(36-29(40)43-31(2,3)4)37-30(41)44-32(5,6)7/h14-17,21-22,33-34H,8-13,18-20,23H2,1-7H3,(H2,35,36,37,40,41). The second kappa shape index (κ2) is 17.3. The number of carbonyl (C=O) groups is 2. The highest BCUT2D eigenvalue weighted by Crippen LogP contribution is 2.13. The first kappa shape index (κ1) is 36.1. The molecule has 0 aliphatic heterocycles. The Balaban J connectivity index is 1.67. The number of carbonyl (C=O) groups excluding carboxylic acids is 2. The van der Waals surface area contributed by atoms with Crippen molar-refractivity contribution in [2.24, 2.45) is 4.99 Å². The maximum atomic E-state index is 12.2. The Labute approximate surface area is 261 Å². The largest absolute Gasteiger partial charge is 0.494 e. The van der Waals surface area contributed by atoms with Crippen LogP contribution in [0.1, 0.15) is 92.6 Å². The van der Waals surface area contributed by atoms with Gasteiger partial charge in [0.1, 0.15) is 17.0 Å². The number of amides is 2. The van der Waals surface area contributed by atoms with Gasteiger partial charge in [-0.2, -0.15) is 0 Å². The predicted molar refractivity (Wildman–Crippen MR) is 171 cm³/mol. The van der Waals surface area contributed by atoms with Crippen molar-refractivity contribution < 1.29 is 23.8 Å². The van der Waals surface area contributed by atoms with Crippen molar-refractivity contribution in [1.29, 1.82) is 10.8 Å². The zero-order valence-corrected chi connectivity index (χ0v) is 27.4. The number of nitrogens with one attached hydrogen (secondary N) is 4. The van der Waals surface area contributed by atoms with Gasteiger partial charge in [0.05, 0.1) is 6.61 Å². The van der Waals surface area contributed by atoms with Crippen LogP contribution in [-0.2, 0) is 22.6 Å². The molecule has 44 heavy (non-hydrogen) atoms. The number of hydrogen-bond acceptors (Lipinski definition) is 7. The van der Waals surface area contributed by atoms with E-state index in [1.54, 1.807) is 48.5 Å². The van der Waals surface area contributed by atoms with Crippen molar-refractivity contribution in [3.8, 4) is 5.75 Å². The van der Waals surface area contributed by atoms with Crippen LogP contribution in [0.25, 0.3) is 0 Å². The topological polar surface area (TPSA) is 156 Å². The summed E-state index contributed by atoms with van der Waals surface area (Å²) < 4.78 is 20.2. The number of imidazole rings is 1. The Morgan fingerprint density at radius 2 is 1.41 bits per heavy atom. The minimum atomic E-state index is -0.800. The molecule has 0 atom stereocenters. The summed E-state index contributed by atoms with van der Waals surface area (Å²) in [5.41, 5.74) is 0.503. The van der Waals surface area contributed by atoms with Crippen molar-refractivity contribution in [2.45, 2.75) is 111 Å². The molecular weight excluding hydrogens is 562 g/mol. The van der Waals surface area contributed by atoms with Gasteiger partial charge in [0, 0.05) is 37.7 Å². The normalized spacial score (nSPS) is 12.0. The molecule has 12 nitrogen and oxygen atoms in total. The van der Waals surface area contributed by atoms with Gasteiger partial charge < -0.3 is 34.1 Å². The van der Waals surface area contributed by atoms with Crippen LogP contribution in [0.3, 0.4) is 0 Å². The molecule has 0 fully saturated rings. The van der Waals surface area contributed by atoms with E-state index in [9.17, 15) is 9.59 Å². The van der Waals surface area contributed by atoms with Crippen LogP contribution in [0, 0.1) is 10.8 Å². The van der Waals surface area contributed by atoms with Crippen LogP contribution in [0.4, 0.5) is 9.59 Å². The number of aliphatic imine (C=N–C) groups is 1. The van der Waals surface area contributed by atoms with E-state index in [0.717, 1.165) is 56.4 Å². The molecule has 0 spiro atoms. The van der Waals surface area contributed by atoms with Crippen LogP contribution >= 0.6 is 0 Å². The second-order valence-corrected chi connectivity index (χ2v) is 12.6. The minimum Gasteiger partial charge on any atom is -0.494 e. The van der Waals surface area contributed by atoms with E-state index >= 15 is 0 Å². The maximum absolute atomic E-state index is 12.2. The van der Waals surface area contributed by atoms with Crippen LogP contribution < -0.4 is 21.0 Å².